The molecule has 0 saturated heterocycles. The van der Waals surface area contributed by atoms with Gasteiger partial charge in [0, 0.05) is 12.5 Å². The van der Waals surface area contributed by atoms with Crippen molar-refractivity contribution in [3.63, 3.8) is 0 Å². The van der Waals surface area contributed by atoms with Crippen LogP contribution in [0.15, 0.2) is 24.3 Å². The van der Waals surface area contributed by atoms with Crippen molar-refractivity contribution < 1.29 is 4.74 Å². The maximum Gasteiger partial charge on any atom is 0.119 e. The summed E-state index contributed by atoms with van der Waals surface area (Å²) in [5.74, 6) is 2.08. The predicted molar refractivity (Wildman–Crippen MR) is 78.4 cm³/mol. The van der Waals surface area contributed by atoms with E-state index in [0.717, 1.165) is 25.4 Å². The third-order valence-corrected chi connectivity index (χ3v) is 2.98. The Morgan fingerprint density at radius 3 is 2.67 bits per heavy atom. The summed E-state index contributed by atoms with van der Waals surface area (Å²) in [6.45, 7) is 11.7. The van der Waals surface area contributed by atoms with Gasteiger partial charge in [-0.1, -0.05) is 39.8 Å². The van der Waals surface area contributed by atoms with Gasteiger partial charge in [-0.05, 0) is 36.6 Å². The standard InChI is InChI=1S/C16H27NO/c1-5-9-17-11-14(4)12-18-16-8-6-7-15(10-16)13(2)3/h6-8,10,13-14,17H,5,9,11-12H2,1-4H3. The highest BCUT2D eigenvalue weighted by Crippen LogP contribution is 2.20. The molecule has 0 heterocycles. The summed E-state index contributed by atoms with van der Waals surface area (Å²) < 4.78 is 5.85. The zero-order chi connectivity index (χ0) is 13.4. The molecule has 2 nitrogen and oxygen atoms in total. The van der Waals surface area contributed by atoms with Gasteiger partial charge >= 0.3 is 0 Å². The summed E-state index contributed by atoms with van der Waals surface area (Å²) in [4.78, 5) is 0. The topological polar surface area (TPSA) is 21.3 Å². The van der Waals surface area contributed by atoms with Crippen molar-refractivity contribution in [1.29, 1.82) is 0 Å². The van der Waals surface area contributed by atoms with Crippen molar-refractivity contribution in [2.24, 2.45) is 5.92 Å². The van der Waals surface area contributed by atoms with E-state index in [0.29, 0.717) is 11.8 Å². The molecule has 0 bridgehead atoms. The molecule has 2 heteroatoms. The van der Waals surface area contributed by atoms with E-state index in [1.54, 1.807) is 0 Å². The molecule has 0 aliphatic heterocycles. The predicted octanol–water partition coefficient (Wildman–Crippen LogP) is 3.82. The maximum absolute atomic E-state index is 5.85. The van der Waals surface area contributed by atoms with Gasteiger partial charge in [0.2, 0.25) is 0 Å². The summed E-state index contributed by atoms with van der Waals surface area (Å²) in [6.07, 6.45) is 1.18. The lowest BCUT2D eigenvalue weighted by molar-refractivity contribution is 0.255. The molecule has 1 aromatic rings. The molecular formula is C16H27NO. The molecule has 1 N–H and O–H groups in total. The van der Waals surface area contributed by atoms with Gasteiger partial charge in [-0.3, -0.25) is 0 Å². The van der Waals surface area contributed by atoms with E-state index in [1.807, 2.05) is 6.07 Å². The van der Waals surface area contributed by atoms with Crippen molar-refractivity contribution in [1.82, 2.24) is 5.32 Å². The van der Waals surface area contributed by atoms with Gasteiger partial charge in [0.25, 0.3) is 0 Å². The van der Waals surface area contributed by atoms with Crippen LogP contribution >= 0.6 is 0 Å². The number of rotatable bonds is 8. The Morgan fingerprint density at radius 2 is 2.00 bits per heavy atom. The lowest BCUT2D eigenvalue weighted by Crippen LogP contribution is -2.25. The summed E-state index contributed by atoms with van der Waals surface area (Å²) in [5.41, 5.74) is 1.34. The molecular weight excluding hydrogens is 222 g/mol. The highest BCUT2D eigenvalue weighted by Gasteiger charge is 2.04. The van der Waals surface area contributed by atoms with Gasteiger partial charge in [-0.25, -0.2) is 0 Å². The Hall–Kier alpha value is -1.02. The third-order valence-electron chi connectivity index (χ3n) is 2.98. The van der Waals surface area contributed by atoms with E-state index in [1.165, 1.54) is 12.0 Å². The number of nitrogens with one attached hydrogen (secondary N) is 1. The number of benzene rings is 1. The van der Waals surface area contributed by atoms with Crippen LogP contribution in [0.3, 0.4) is 0 Å². The zero-order valence-corrected chi connectivity index (χ0v) is 12.2. The lowest BCUT2D eigenvalue weighted by atomic mass is 10.0. The SMILES string of the molecule is CCCNCC(C)COc1cccc(C(C)C)c1. The van der Waals surface area contributed by atoms with Crippen LogP contribution in [0.1, 0.15) is 45.6 Å². The minimum atomic E-state index is 0.541. The molecule has 1 unspecified atom stereocenters. The van der Waals surface area contributed by atoms with E-state index < -0.39 is 0 Å². The summed E-state index contributed by atoms with van der Waals surface area (Å²) in [7, 11) is 0. The van der Waals surface area contributed by atoms with Gasteiger partial charge in [0.1, 0.15) is 5.75 Å². The Morgan fingerprint density at radius 1 is 1.22 bits per heavy atom. The highest BCUT2D eigenvalue weighted by molar-refractivity contribution is 5.30. The van der Waals surface area contributed by atoms with Gasteiger partial charge in [0.15, 0.2) is 0 Å². The summed E-state index contributed by atoms with van der Waals surface area (Å²) in [6, 6.07) is 8.42. The van der Waals surface area contributed by atoms with Crippen LogP contribution in [0.2, 0.25) is 0 Å². The van der Waals surface area contributed by atoms with Crippen LogP contribution in [-0.4, -0.2) is 19.7 Å². The second kappa shape index (κ2) is 8.15. The average Bonchev–Trinajstić information content (AvgIpc) is 2.37. The van der Waals surface area contributed by atoms with E-state index in [9.17, 15) is 0 Å². The number of ether oxygens (including phenoxy) is 1. The van der Waals surface area contributed by atoms with E-state index in [2.05, 4.69) is 51.2 Å². The van der Waals surface area contributed by atoms with Crippen LogP contribution in [0, 0.1) is 5.92 Å². The molecule has 0 aromatic heterocycles. The highest BCUT2D eigenvalue weighted by atomic mass is 16.5. The first-order valence-corrected chi connectivity index (χ1v) is 7.07. The molecule has 1 atom stereocenters. The molecule has 0 aliphatic rings. The van der Waals surface area contributed by atoms with Crippen molar-refractivity contribution in [3.05, 3.63) is 29.8 Å². The van der Waals surface area contributed by atoms with Crippen LogP contribution in [0.25, 0.3) is 0 Å². The number of hydrogen-bond donors (Lipinski definition) is 1. The largest absolute Gasteiger partial charge is 0.493 e. The minimum absolute atomic E-state index is 0.541. The van der Waals surface area contributed by atoms with Crippen LogP contribution in [-0.2, 0) is 0 Å². The molecule has 1 rings (SSSR count). The fraction of sp³-hybridized carbons (Fsp3) is 0.625. The summed E-state index contributed by atoms with van der Waals surface area (Å²) >= 11 is 0. The molecule has 1 aromatic carbocycles. The molecule has 0 aliphatic carbocycles. The third kappa shape index (κ3) is 5.54. The summed E-state index contributed by atoms with van der Waals surface area (Å²) in [5, 5.41) is 3.42. The van der Waals surface area contributed by atoms with Crippen molar-refractivity contribution in [2.75, 3.05) is 19.7 Å². The molecule has 0 saturated carbocycles. The Bertz CT molecular complexity index is 336. The molecule has 0 spiro atoms. The minimum Gasteiger partial charge on any atom is -0.493 e. The monoisotopic (exact) mass is 249 g/mol. The Labute approximate surface area is 112 Å². The average molecular weight is 249 g/mol. The van der Waals surface area contributed by atoms with E-state index >= 15 is 0 Å². The van der Waals surface area contributed by atoms with E-state index in [-0.39, 0.29) is 0 Å². The van der Waals surface area contributed by atoms with Crippen LogP contribution < -0.4 is 10.1 Å². The molecule has 0 fully saturated rings. The van der Waals surface area contributed by atoms with Gasteiger partial charge in [-0.2, -0.15) is 0 Å². The Kier molecular flexibility index (Phi) is 6.81. The van der Waals surface area contributed by atoms with Crippen molar-refractivity contribution >= 4 is 0 Å². The van der Waals surface area contributed by atoms with Gasteiger partial charge in [0.05, 0.1) is 6.61 Å². The zero-order valence-electron chi connectivity index (χ0n) is 12.2. The van der Waals surface area contributed by atoms with Gasteiger partial charge in [-0.15, -0.1) is 0 Å². The molecule has 0 amide bonds. The Balaban J connectivity index is 2.36. The van der Waals surface area contributed by atoms with E-state index in [4.69, 9.17) is 4.74 Å². The van der Waals surface area contributed by atoms with Crippen LogP contribution in [0.5, 0.6) is 5.75 Å². The fourth-order valence-electron chi connectivity index (χ4n) is 1.79. The first-order chi connectivity index (χ1) is 8.63. The number of hydrogen-bond acceptors (Lipinski definition) is 2. The molecule has 102 valence electrons. The first kappa shape index (κ1) is 15.0. The first-order valence-electron chi connectivity index (χ1n) is 7.07. The fourth-order valence-corrected chi connectivity index (χ4v) is 1.79. The smallest absolute Gasteiger partial charge is 0.119 e. The normalized spacial score (nSPS) is 12.7. The van der Waals surface area contributed by atoms with Crippen LogP contribution in [0.4, 0.5) is 0 Å². The second-order valence-electron chi connectivity index (χ2n) is 5.35. The lowest BCUT2D eigenvalue weighted by Gasteiger charge is -2.15. The van der Waals surface area contributed by atoms with Crippen molar-refractivity contribution in [2.45, 2.75) is 40.0 Å². The quantitative estimate of drug-likeness (QED) is 0.707. The molecule has 18 heavy (non-hydrogen) atoms. The van der Waals surface area contributed by atoms with Crippen molar-refractivity contribution in [3.8, 4) is 5.75 Å². The second-order valence-corrected chi connectivity index (χ2v) is 5.35. The van der Waals surface area contributed by atoms with Gasteiger partial charge < -0.3 is 10.1 Å². The maximum atomic E-state index is 5.85. The molecule has 0 radical (unpaired) electrons.